The maximum atomic E-state index is 12.4. The van der Waals surface area contributed by atoms with E-state index in [1.807, 2.05) is 49.4 Å². The number of ether oxygens (including phenoxy) is 1. The van der Waals surface area contributed by atoms with E-state index in [4.69, 9.17) is 9.15 Å². The second-order valence-corrected chi connectivity index (χ2v) is 6.90. The number of carbonyl (C=O) groups excluding carboxylic acids is 1. The van der Waals surface area contributed by atoms with Crippen LogP contribution < -0.4 is 10.1 Å². The van der Waals surface area contributed by atoms with E-state index in [0.29, 0.717) is 34.0 Å². The average molecular weight is 395 g/mol. The van der Waals surface area contributed by atoms with Crippen molar-refractivity contribution >= 4 is 33.7 Å². The largest absolute Gasteiger partial charge is 0.449 e. The zero-order valence-corrected chi connectivity index (χ0v) is 16.1. The third kappa shape index (κ3) is 3.35. The minimum Gasteiger partial charge on any atom is -0.449 e. The van der Waals surface area contributed by atoms with Crippen molar-refractivity contribution < 1.29 is 13.9 Å². The first-order valence-electron chi connectivity index (χ1n) is 9.45. The molecule has 6 nitrogen and oxygen atoms in total. The summed E-state index contributed by atoms with van der Waals surface area (Å²) in [5.74, 6) is 0.754. The monoisotopic (exact) mass is 395 g/mol. The standard InChI is InChI=1S/C24H17N3O3/c1-15-5-4-6-16(13-15)23(28)27-17-9-11-18(12-10-17)29-24-22-21(25-14-26-24)19-7-2-3-8-20(19)30-22/h2-14H,1H3,(H,27,28). The first kappa shape index (κ1) is 17.9. The Balaban J connectivity index is 1.37. The van der Waals surface area contributed by atoms with E-state index in [1.165, 1.54) is 6.33 Å². The van der Waals surface area contributed by atoms with E-state index in [-0.39, 0.29) is 5.91 Å². The number of carbonyl (C=O) groups is 1. The third-order valence-corrected chi connectivity index (χ3v) is 4.73. The molecule has 0 fully saturated rings. The summed E-state index contributed by atoms with van der Waals surface area (Å²) >= 11 is 0. The van der Waals surface area contributed by atoms with Gasteiger partial charge in [-0.3, -0.25) is 4.79 Å². The molecule has 0 saturated heterocycles. The lowest BCUT2D eigenvalue weighted by atomic mass is 10.1. The van der Waals surface area contributed by atoms with E-state index in [2.05, 4.69) is 15.3 Å². The smallest absolute Gasteiger partial charge is 0.267 e. The molecule has 0 unspecified atom stereocenters. The van der Waals surface area contributed by atoms with E-state index >= 15 is 0 Å². The first-order valence-corrected chi connectivity index (χ1v) is 9.45. The zero-order valence-electron chi connectivity index (χ0n) is 16.1. The van der Waals surface area contributed by atoms with Gasteiger partial charge < -0.3 is 14.5 Å². The molecule has 146 valence electrons. The summed E-state index contributed by atoms with van der Waals surface area (Å²) in [5.41, 5.74) is 4.25. The van der Waals surface area contributed by atoms with Gasteiger partial charge in [0.05, 0.1) is 0 Å². The number of aryl methyl sites for hydroxylation is 1. The highest BCUT2D eigenvalue weighted by Gasteiger charge is 2.14. The van der Waals surface area contributed by atoms with E-state index in [9.17, 15) is 4.79 Å². The number of rotatable bonds is 4. The minimum absolute atomic E-state index is 0.160. The van der Waals surface area contributed by atoms with Crippen LogP contribution in [0.5, 0.6) is 11.6 Å². The van der Waals surface area contributed by atoms with Crippen molar-refractivity contribution in [2.24, 2.45) is 0 Å². The highest BCUT2D eigenvalue weighted by molar-refractivity contribution is 6.04. The molecule has 0 spiro atoms. The highest BCUT2D eigenvalue weighted by atomic mass is 16.5. The number of anilines is 1. The second-order valence-electron chi connectivity index (χ2n) is 6.90. The third-order valence-electron chi connectivity index (χ3n) is 4.73. The summed E-state index contributed by atoms with van der Waals surface area (Å²) in [6, 6.07) is 22.2. The molecule has 1 N–H and O–H groups in total. The number of fused-ring (bicyclic) bond motifs is 3. The summed E-state index contributed by atoms with van der Waals surface area (Å²) < 4.78 is 11.8. The number of nitrogens with zero attached hydrogens (tertiary/aromatic N) is 2. The van der Waals surface area contributed by atoms with Crippen LogP contribution >= 0.6 is 0 Å². The molecule has 0 aliphatic carbocycles. The van der Waals surface area contributed by atoms with Crippen LogP contribution in [0.2, 0.25) is 0 Å². The van der Waals surface area contributed by atoms with Crippen molar-refractivity contribution in [2.45, 2.75) is 6.92 Å². The lowest BCUT2D eigenvalue weighted by Crippen LogP contribution is -2.11. The van der Waals surface area contributed by atoms with Crippen molar-refractivity contribution in [3.8, 4) is 11.6 Å². The predicted octanol–water partition coefficient (Wildman–Crippen LogP) is 5.73. The number of nitrogens with one attached hydrogen (secondary N) is 1. The summed E-state index contributed by atoms with van der Waals surface area (Å²) in [6.45, 7) is 1.95. The Labute approximate surface area is 172 Å². The molecule has 5 aromatic rings. The van der Waals surface area contributed by atoms with Gasteiger partial charge >= 0.3 is 0 Å². The van der Waals surface area contributed by atoms with E-state index in [1.54, 1.807) is 30.3 Å². The number of para-hydroxylation sites is 1. The molecule has 2 heterocycles. The lowest BCUT2D eigenvalue weighted by molar-refractivity contribution is 0.102. The van der Waals surface area contributed by atoms with Crippen molar-refractivity contribution in [1.29, 1.82) is 0 Å². The van der Waals surface area contributed by atoms with Gasteiger partial charge in [0, 0.05) is 16.6 Å². The van der Waals surface area contributed by atoms with Gasteiger partial charge in [-0.15, -0.1) is 0 Å². The van der Waals surface area contributed by atoms with Gasteiger partial charge in [0.2, 0.25) is 5.58 Å². The fraction of sp³-hybridized carbons (Fsp3) is 0.0417. The van der Waals surface area contributed by atoms with Gasteiger partial charge in [0.25, 0.3) is 11.8 Å². The Morgan fingerprint density at radius 2 is 1.80 bits per heavy atom. The quantitative estimate of drug-likeness (QED) is 0.420. The number of furan rings is 1. The summed E-state index contributed by atoms with van der Waals surface area (Å²) in [4.78, 5) is 20.9. The maximum absolute atomic E-state index is 12.4. The Bertz CT molecular complexity index is 1370. The molecule has 2 aromatic heterocycles. The molecule has 3 aromatic carbocycles. The van der Waals surface area contributed by atoms with Crippen LogP contribution in [-0.2, 0) is 0 Å². The molecular weight excluding hydrogens is 378 g/mol. The fourth-order valence-electron chi connectivity index (χ4n) is 3.28. The molecule has 0 saturated carbocycles. The van der Waals surface area contributed by atoms with Gasteiger partial charge in [-0.1, -0.05) is 29.8 Å². The molecule has 0 aliphatic rings. The molecule has 0 atom stereocenters. The number of hydrogen-bond acceptors (Lipinski definition) is 5. The number of benzene rings is 3. The summed E-state index contributed by atoms with van der Waals surface area (Å²) in [5, 5.41) is 3.80. The molecule has 5 rings (SSSR count). The van der Waals surface area contributed by atoms with Gasteiger partial charge in [0.1, 0.15) is 23.2 Å². The van der Waals surface area contributed by atoms with E-state index in [0.717, 1.165) is 16.5 Å². The summed E-state index contributed by atoms with van der Waals surface area (Å²) in [6.07, 6.45) is 1.45. The topological polar surface area (TPSA) is 77.2 Å². The normalized spacial score (nSPS) is 11.0. The van der Waals surface area contributed by atoms with Gasteiger partial charge in [-0.2, -0.15) is 4.98 Å². The number of hydrogen-bond donors (Lipinski definition) is 1. The van der Waals surface area contributed by atoms with E-state index < -0.39 is 0 Å². The van der Waals surface area contributed by atoms with Crippen LogP contribution in [0.3, 0.4) is 0 Å². The van der Waals surface area contributed by atoms with Crippen LogP contribution in [0, 0.1) is 6.92 Å². The van der Waals surface area contributed by atoms with Crippen LogP contribution in [0.25, 0.3) is 22.1 Å². The molecule has 0 aliphatic heterocycles. The van der Waals surface area contributed by atoms with Crippen molar-refractivity contribution in [3.63, 3.8) is 0 Å². The first-order chi connectivity index (χ1) is 14.7. The molecule has 0 bridgehead atoms. The van der Waals surface area contributed by atoms with Crippen LogP contribution in [0.1, 0.15) is 15.9 Å². The van der Waals surface area contributed by atoms with Gasteiger partial charge in [-0.25, -0.2) is 4.98 Å². The molecule has 0 radical (unpaired) electrons. The minimum atomic E-state index is -0.160. The Kier molecular flexibility index (Phi) is 4.37. The van der Waals surface area contributed by atoms with Crippen LogP contribution in [-0.4, -0.2) is 15.9 Å². The van der Waals surface area contributed by atoms with Crippen molar-refractivity contribution in [1.82, 2.24) is 9.97 Å². The maximum Gasteiger partial charge on any atom is 0.267 e. The van der Waals surface area contributed by atoms with Crippen molar-refractivity contribution in [3.05, 3.63) is 90.3 Å². The lowest BCUT2D eigenvalue weighted by Gasteiger charge is -2.08. The zero-order chi connectivity index (χ0) is 20.5. The van der Waals surface area contributed by atoms with Crippen molar-refractivity contribution in [2.75, 3.05) is 5.32 Å². The number of aromatic nitrogens is 2. The molecule has 6 heteroatoms. The predicted molar refractivity (Wildman–Crippen MR) is 115 cm³/mol. The average Bonchev–Trinajstić information content (AvgIpc) is 3.15. The van der Waals surface area contributed by atoms with Crippen LogP contribution in [0.4, 0.5) is 5.69 Å². The Morgan fingerprint density at radius 1 is 0.967 bits per heavy atom. The van der Waals surface area contributed by atoms with Crippen LogP contribution in [0.15, 0.2) is 83.5 Å². The molecule has 30 heavy (non-hydrogen) atoms. The van der Waals surface area contributed by atoms with Gasteiger partial charge in [-0.05, 0) is 55.5 Å². The Hall–Kier alpha value is -4.19. The summed E-state index contributed by atoms with van der Waals surface area (Å²) in [7, 11) is 0. The molecular formula is C24H17N3O3. The molecule has 1 amide bonds. The highest BCUT2D eigenvalue weighted by Crippen LogP contribution is 2.33. The second kappa shape index (κ2) is 7.33. The fourth-order valence-corrected chi connectivity index (χ4v) is 3.28. The Morgan fingerprint density at radius 3 is 2.63 bits per heavy atom. The SMILES string of the molecule is Cc1cccc(C(=O)Nc2ccc(Oc3ncnc4c3oc3ccccc34)cc2)c1. The number of amides is 1. The van der Waals surface area contributed by atoms with Gasteiger partial charge in [0.15, 0.2) is 0 Å².